The number of amides is 1. The molecule has 1 amide bonds. The summed E-state index contributed by atoms with van der Waals surface area (Å²) in [6, 6.07) is 8.70. The van der Waals surface area contributed by atoms with Gasteiger partial charge in [0.05, 0.1) is 33.3 Å². The van der Waals surface area contributed by atoms with Crippen LogP contribution in [0, 0.1) is 0 Å². The van der Waals surface area contributed by atoms with Gasteiger partial charge >= 0.3 is 0 Å². The number of rotatable bonds is 7. The summed E-state index contributed by atoms with van der Waals surface area (Å²) >= 11 is 1.57. The minimum Gasteiger partial charge on any atom is -0.495 e. The number of carbonyl (C=O) groups is 1. The highest BCUT2D eigenvalue weighted by molar-refractivity contribution is 7.89. The van der Waals surface area contributed by atoms with Crippen LogP contribution in [0.4, 0.5) is 0 Å². The zero-order valence-corrected chi connectivity index (χ0v) is 16.6. The second-order valence-electron chi connectivity index (χ2n) is 6.03. The average molecular weight is 411 g/mol. The van der Waals surface area contributed by atoms with E-state index in [0.717, 1.165) is 4.88 Å². The Bertz CT molecular complexity index is 875. The first kappa shape index (κ1) is 19.8. The highest BCUT2D eigenvalue weighted by Gasteiger charge is 2.29. The van der Waals surface area contributed by atoms with Crippen molar-refractivity contribution in [2.75, 3.05) is 33.4 Å². The first-order valence-electron chi connectivity index (χ1n) is 8.54. The van der Waals surface area contributed by atoms with E-state index in [0.29, 0.717) is 38.4 Å². The number of nitrogens with one attached hydrogen (secondary N) is 1. The lowest BCUT2D eigenvalue weighted by molar-refractivity contribution is -0.120. The van der Waals surface area contributed by atoms with E-state index in [-0.39, 0.29) is 23.0 Å². The van der Waals surface area contributed by atoms with E-state index in [2.05, 4.69) is 5.32 Å². The van der Waals surface area contributed by atoms with Crippen molar-refractivity contribution in [1.29, 1.82) is 0 Å². The van der Waals surface area contributed by atoms with Crippen LogP contribution >= 0.6 is 11.3 Å². The maximum Gasteiger partial charge on any atom is 0.246 e. The maximum absolute atomic E-state index is 13.0. The van der Waals surface area contributed by atoms with Crippen LogP contribution in [0.25, 0.3) is 0 Å². The highest BCUT2D eigenvalue weighted by atomic mass is 32.2. The number of hydrogen-bond donors (Lipinski definition) is 1. The Morgan fingerprint density at radius 2 is 2.07 bits per heavy atom. The zero-order valence-electron chi connectivity index (χ0n) is 15.0. The fourth-order valence-corrected chi connectivity index (χ4v) is 5.06. The van der Waals surface area contributed by atoms with E-state index in [4.69, 9.17) is 9.47 Å². The van der Waals surface area contributed by atoms with Crippen molar-refractivity contribution in [1.82, 2.24) is 9.62 Å². The van der Waals surface area contributed by atoms with Crippen LogP contribution in [0.3, 0.4) is 0 Å². The van der Waals surface area contributed by atoms with Crippen LogP contribution in [-0.2, 0) is 32.5 Å². The molecule has 0 atom stereocenters. The van der Waals surface area contributed by atoms with Crippen LogP contribution < -0.4 is 10.1 Å². The fourth-order valence-electron chi connectivity index (χ4n) is 2.81. The number of hydrogen-bond acceptors (Lipinski definition) is 6. The quantitative estimate of drug-likeness (QED) is 0.750. The molecule has 2 aromatic rings. The molecule has 0 spiro atoms. The largest absolute Gasteiger partial charge is 0.495 e. The van der Waals surface area contributed by atoms with Crippen molar-refractivity contribution < 1.29 is 22.7 Å². The van der Waals surface area contributed by atoms with Gasteiger partial charge in [0, 0.05) is 18.0 Å². The molecule has 1 fully saturated rings. The summed E-state index contributed by atoms with van der Waals surface area (Å²) in [5.74, 6) is 0.104. The van der Waals surface area contributed by atoms with Gasteiger partial charge in [0.15, 0.2) is 0 Å². The first-order chi connectivity index (χ1) is 13.0. The topological polar surface area (TPSA) is 84.9 Å². The number of methoxy groups -OCH3 is 1. The maximum atomic E-state index is 13.0. The van der Waals surface area contributed by atoms with Gasteiger partial charge in [-0.2, -0.15) is 4.31 Å². The second-order valence-corrected chi connectivity index (χ2v) is 8.97. The fraction of sp³-hybridized carbons (Fsp3) is 0.389. The molecule has 27 heavy (non-hydrogen) atoms. The Hall–Kier alpha value is -1.94. The number of thiophene rings is 1. The van der Waals surface area contributed by atoms with Crippen molar-refractivity contribution >= 4 is 27.3 Å². The van der Waals surface area contributed by atoms with Crippen LogP contribution in [0.5, 0.6) is 5.75 Å². The van der Waals surface area contributed by atoms with E-state index < -0.39 is 10.0 Å². The van der Waals surface area contributed by atoms with Gasteiger partial charge < -0.3 is 14.8 Å². The molecule has 3 rings (SSSR count). The van der Waals surface area contributed by atoms with Gasteiger partial charge in [-0.25, -0.2) is 8.42 Å². The normalized spacial score (nSPS) is 15.4. The third-order valence-electron chi connectivity index (χ3n) is 4.22. The van der Waals surface area contributed by atoms with Crippen molar-refractivity contribution in [2.24, 2.45) is 0 Å². The van der Waals surface area contributed by atoms with E-state index in [9.17, 15) is 13.2 Å². The summed E-state index contributed by atoms with van der Waals surface area (Å²) in [5.41, 5.74) is 0.617. The number of morpholine rings is 1. The van der Waals surface area contributed by atoms with Gasteiger partial charge in [0.1, 0.15) is 10.6 Å². The third kappa shape index (κ3) is 4.86. The lowest BCUT2D eigenvalue weighted by atomic mass is 10.1. The van der Waals surface area contributed by atoms with Crippen molar-refractivity contribution in [3.05, 3.63) is 46.2 Å². The molecule has 2 heterocycles. The monoisotopic (exact) mass is 410 g/mol. The van der Waals surface area contributed by atoms with E-state index in [1.165, 1.54) is 17.5 Å². The molecule has 1 aromatic carbocycles. The van der Waals surface area contributed by atoms with E-state index in [1.54, 1.807) is 23.5 Å². The molecule has 0 saturated carbocycles. The Morgan fingerprint density at radius 3 is 2.74 bits per heavy atom. The first-order valence-corrected chi connectivity index (χ1v) is 10.9. The van der Waals surface area contributed by atoms with Gasteiger partial charge in [-0.05, 0) is 29.1 Å². The van der Waals surface area contributed by atoms with Crippen molar-refractivity contribution in [3.8, 4) is 5.75 Å². The van der Waals surface area contributed by atoms with Crippen LogP contribution in [0.15, 0.2) is 40.6 Å². The summed E-state index contributed by atoms with van der Waals surface area (Å²) in [5, 5.41) is 4.80. The van der Waals surface area contributed by atoms with Gasteiger partial charge in [-0.1, -0.05) is 12.1 Å². The second kappa shape index (κ2) is 8.83. The van der Waals surface area contributed by atoms with Gasteiger partial charge in [-0.15, -0.1) is 11.3 Å². The van der Waals surface area contributed by atoms with Crippen molar-refractivity contribution in [3.63, 3.8) is 0 Å². The molecule has 1 N–H and O–H groups in total. The summed E-state index contributed by atoms with van der Waals surface area (Å²) in [6.45, 7) is 1.80. The molecule has 146 valence electrons. The molecule has 9 heteroatoms. The highest BCUT2D eigenvalue weighted by Crippen LogP contribution is 2.28. The lowest BCUT2D eigenvalue weighted by Gasteiger charge is -2.26. The summed E-state index contributed by atoms with van der Waals surface area (Å²) in [4.78, 5) is 13.4. The molecule has 1 aromatic heterocycles. The Kier molecular flexibility index (Phi) is 6.48. The number of ether oxygens (including phenoxy) is 2. The van der Waals surface area contributed by atoms with Crippen LogP contribution in [0.2, 0.25) is 0 Å². The van der Waals surface area contributed by atoms with E-state index >= 15 is 0 Å². The van der Waals surface area contributed by atoms with Gasteiger partial charge in [-0.3, -0.25) is 4.79 Å². The minimum absolute atomic E-state index is 0.0791. The molecule has 7 nitrogen and oxygen atoms in total. The molecule has 0 unspecified atom stereocenters. The Labute approximate surface area is 163 Å². The predicted octanol–water partition coefficient (Wildman–Crippen LogP) is 1.64. The smallest absolute Gasteiger partial charge is 0.246 e. The lowest BCUT2D eigenvalue weighted by Crippen LogP contribution is -2.40. The third-order valence-corrected chi connectivity index (χ3v) is 7.02. The average Bonchev–Trinajstić information content (AvgIpc) is 3.21. The summed E-state index contributed by atoms with van der Waals surface area (Å²) in [6.07, 6.45) is 0.0982. The van der Waals surface area contributed by atoms with Gasteiger partial charge in [0.25, 0.3) is 0 Å². The Balaban J connectivity index is 1.75. The summed E-state index contributed by atoms with van der Waals surface area (Å²) in [7, 11) is -2.28. The number of benzene rings is 1. The predicted molar refractivity (Wildman–Crippen MR) is 102 cm³/mol. The van der Waals surface area contributed by atoms with Gasteiger partial charge in [0.2, 0.25) is 15.9 Å². The van der Waals surface area contributed by atoms with Crippen LogP contribution in [0.1, 0.15) is 10.4 Å². The molecule has 0 aliphatic carbocycles. The summed E-state index contributed by atoms with van der Waals surface area (Å²) < 4.78 is 37.8. The van der Waals surface area contributed by atoms with Crippen molar-refractivity contribution in [2.45, 2.75) is 17.9 Å². The number of carbonyl (C=O) groups excluding carboxylic acids is 1. The molecule has 1 aliphatic rings. The SMILES string of the molecule is COc1ccc(CC(=O)NCc2cccs2)cc1S(=O)(=O)N1CCOCC1. The van der Waals surface area contributed by atoms with Crippen LogP contribution in [-0.4, -0.2) is 52.0 Å². The molecule has 0 bridgehead atoms. The van der Waals surface area contributed by atoms with E-state index in [1.807, 2.05) is 17.5 Å². The minimum atomic E-state index is -3.71. The molecule has 1 aliphatic heterocycles. The molecular weight excluding hydrogens is 388 g/mol. The number of nitrogens with zero attached hydrogens (tertiary/aromatic N) is 1. The number of sulfonamides is 1. The zero-order chi connectivity index (χ0) is 19.3. The molecular formula is C18H22N2O5S2. The standard InChI is InChI=1S/C18H22N2O5S2/c1-24-16-5-4-14(12-18(21)19-13-15-3-2-10-26-15)11-17(16)27(22,23)20-6-8-25-9-7-20/h2-5,10-11H,6-9,12-13H2,1H3,(H,19,21). The molecule has 1 saturated heterocycles. The Morgan fingerprint density at radius 1 is 1.30 bits per heavy atom. The molecule has 0 radical (unpaired) electrons.